The molecule has 2 heterocycles. The van der Waals surface area contributed by atoms with E-state index in [4.69, 9.17) is 15.6 Å². The highest BCUT2D eigenvalue weighted by Gasteiger charge is 2.33. The summed E-state index contributed by atoms with van der Waals surface area (Å²) in [7, 11) is 0. The molecule has 2 rings (SSSR count). The van der Waals surface area contributed by atoms with E-state index >= 15 is 0 Å². The van der Waals surface area contributed by atoms with Gasteiger partial charge in [-0.1, -0.05) is 13.8 Å². The molecule has 5 nitrogen and oxygen atoms in total. The maximum Gasteiger partial charge on any atom is 0.433 e. The molecule has 138 valence electrons. The van der Waals surface area contributed by atoms with E-state index < -0.39 is 11.9 Å². The minimum atomic E-state index is -4.49. The van der Waals surface area contributed by atoms with Gasteiger partial charge in [-0.2, -0.15) is 13.2 Å². The van der Waals surface area contributed by atoms with Crippen molar-refractivity contribution in [1.82, 2.24) is 10.3 Å². The number of rotatable bonds is 4. The summed E-state index contributed by atoms with van der Waals surface area (Å²) in [6.45, 7) is 5.87. The lowest BCUT2D eigenvalue weighted by atomic mass is 10.1. The van der Waals surface area contributed by atoms with Crippen molar-refractivity contribution in [2.75, 3.05) is 19.7 Å². The zero-order valence-electron chi connectivity index (χ0n) is 14.1. The molecule has 0 bridgehead atoms. The second kappa shape index (κ2) is 9.80. The van der Waals surface area contributed by atoms with Crippen LogP contribution in [0.2, 0.25) is 0 Å². The van der Waals surface area contributed by atoms with Gasteiger partial charge >= 0.3 is 6.18 Å². The van der Waals surface area contributed by atoms with Gasteiger partial charge in [0.05, 0.1) is 0 Å². The minimum absolute atomic E-state index is 0.00201. The fraction of sp³-hybridized carbons (Fsp3) is 0.688. The van der Waals surface area contributed by atoms with E-state index in [-0.39, 0.29) is 18.5 Å². The quantitative estimate of drug-likeness (QED) is 0.777. The third kappa shape index (κ3) is 7.46. The Morgan fingerprint density at radius 3 is 2.38 bits per heavy atom. The molecular weight excluding hydrogens is 323 g/mol. The maximum absolute atomic E-state index is 12.7. The summed E-state index contributed by atoms with van der Waals surface area (Å²) in [6.07, 6.45) is -3.06. The van der Waals surface area contributed by atoms with Crippen LogP contribution in [-0.4, -0.2) is 35.9 Å². The second-order valence-corrected chi connectivity index (χ2v) is 6.04. The van der Waals surface area contributed by atoms with Crippen LogP contribution in [0.4, 0.5) is 13.2 Å². The first kappa shape index (κ1) is 20.7. The number of alkyl halides is 3. The number of nitrogens with two attached hydrogens (primary N) is 1. The number of ether oxygens (including phenoxy) is 1. The molecule has 24 heavy (non-hydrogen) atoms. The Hall–Kier alpha value is -1.38. The summed E-state index contributed by atoms with van der Waals surface area (Å²) in [5, 5.41) is 11.3. The predicted octanol–water partition coefficient (Wildman–Crippen LogP) is 2.32. The highest BCUT2D eigenvalue weighted by molar-refractivity contribution is 5.26. The molecule has 1 saturated heterocycles. The molecule has 0 aromatic carbocycles. The van der Waals surface area contributed by atoms with E-state index in [1.807, 2.05) is 13.8 Å². The summed E-state index contributed by atoms with van der Waals surface area (Å²) < 4.78 is 43.6. The molecule has 0 amide bonds. The number of pyridine rings is 1. The largest absolute Gasteiger partial charge is 0.474 e. The first-order valence-electron chi connectivity index (χ1n) is 8.02. The molecule has 0 aliphatic carbocycles. The van der Waals surface area contributed by atoms with Gasteiger partial charge in [0, 0.05) is 19.2 Å². The number of hydrogen-bond donors (Lipinski definition) is 3. The van der Waals surface area contributed by atoms with Crippen molar-refractivity contribution in [3.05, 3.63) is 23.4 Å². The van der Waals surface area contributed by atoms with Crippen LogP contribution in [0.15, 0.2) is 12.1 Å². The molecule has 0 saturated carbocycles. The van der Waals surface area contributed by atoms with Crippen molar-refractivity contribution in [2.45, 2.75) is 45.5 Å². The van der Waals surface area contributed by atoms with Gasteiger partial charge in [-0.3, -0.25) is 0 Å². The molecule has 0 spiro atoms. The van der Waals surface area contributed by atoms with Crippen molar-refractivity contribution < 1.29 is 23.0 Å². The Labute approximate surface area is 140 Å². The molecule has 4 N–H and O–H groups in total. The minimum Gasteiger partial charge on any atom is -0.474 e. The number of halogens is 3. The summed E-state index contributed by atoms with van der Waals surface area (Å²) in [4.78, 5) is 3.52. The first-order chi connectivity index (χ1) is 11.3. The molecule has 1 aromatic heterocycles. The van der Waals surface area contributed by atoms with E-state index in [0.29, 0.717) is 18.1 Å². The van der Waals surface area contributed by atoms with Crippen molar-refractivity contribution in [3.63, 3.8) is 0 Å². The zero-order valence-corrected chi connectivity index (χ0v) is 14.1. The first-order valence-corrected chi connectivity index (χ1v) is 8.02. The average Bonchev–Trinajstić information content (AvgIpc) is 2.55. The van der Waals surface area contributed by atoms with Crippen LogP contribution in [-0.2, 0) is 12.7 Å². The number of aliphatic hydroxyl groups excluding tert-OH is 1. The summed E-state index contributed by atoms with van der Waals surface area (Å²) in [5.41, 5.74) is 4.81. The smallest absolute Gasteiger partial charge is 0.433 e. The second-order valence-electron chi connectivity index (χ2n) is 6.04. The van der Waals surface area contributed by atoms with Gasteiger partial charge < -0.3 is 20.9 Å². The van der Waals surface area contributed by atoms with Crippen molar-refractivity contribution in [2.24, 2.45) is 11.7 Å². The molecule has 8 heteroatoms. The van der Waals surface area contributed by atoms with Gasteiger partial charge in [-0.05, 0) is 43.5 Å². The molecular formula is C16H26F3N3O2. The van der Waals surface area contributed by atoms with Crippen molar-refractivity contribution in [1.29, 1.82) is 0 Å². The molecule has 1 aliphatic rings. The van der Waals surface area contributed by atoms with E-state index in [0.717, 1.165) is 32.0 Å². The van der Waals surface area contributed by atoms with Gasteiger partial charge in [0.2, 0.25) is 5.88 Å². The molecule has 0 atom stereocenters. The Bertz CT molecular complexity index is 490. The topological polar surface area (TPSA) is 80.4 Å². The number of nitrogens with zero attached hydrogens (tertiary/aromatic N) is 1. The molecule has 0 radical (unpaired) electrons. The summed E-state index contributed by atoms with van der Waals surface area (Å²) in [6, 6.07) is 2.42. The normalized spacial score (nSPS) is 15.8. The summed E-state index contributed by atoms with van der Waals surface area (Å²) >= 11 is 0. The van der Waals surface area contributed by atoms with Crippen LogP contribution in [0.1, 0.15) is 37.9 Å². The van der Waals surface area contributed by atoms with E-state index in [1.165, 1.54) is 6.07 Å². The Morgan fingerprint density at radius 1 is 1.33 bits per heavy atom. The third-order valence-electron chi connectivity index (χ3n) is 3.33. The number of aliphatic hydroxyl groups is 1. The Kier molecular flexibility index (Phi) is 8.44. The van der Waals surface area contributed by atoms with Crippen molar-refractivity contribution >= 4 is 0 Å². The standard InChI is InChI=1S/C12H16F3N3O.C4H10O/c13-12(14,15)10-5-8(7-16)6-11(18-10)19-9-1-3-17-4-2-9;1-4(2)3-5/h5-6,9,17H,1-4,7,16H2;4-5H,3H2,1-2H3. The maximum atomic E-state index is 12.7. The molecule has 0 unspecified atom stereocenters. The number of hydrogen-bond acceptors (Lipinski definition) is 5. The van der Waals surface area contributed by atoms with Crippen molar-refractivity contribution in [3.8, 4) is 5.88 Å². The van der Waals surface area contributed by atoms with Gasteiger partial charge in [0.25, 0.3) is 0 Å². The van der Waals surface area contributed by atoms with Crippen LogP contribution >= 0.6 is 0 Å². The number of nitrogens with one attached hydrogen (secondary N) is 1. The van der Waals surface area contributed by atoms with E-state index in [2.05, 4.69) is 10.3 Å². The fourth-order valence-corrected chi connectivity index (χ4v) is 1.97. The van der Waals surface area contributed by atoms with Gasteiger partial charge in [-0.15, -0.1) is 0 Å². The lowest BCUT2D eigenvalue weighted by Crippen LogP contribution is -2.34. The van der Waals surface area contributed by atoms with Crippen LogP contribution in [0.3, 0.4) is 0 Å². The van der Waals surface area contributed by atoms with Crippen LogP contribution in [0, 0.1) is 5.92 Å². The Morgan fingerprint density at radius 2 is 1.92 bits per heavy atom. The van der Waals surface area contributed by atoms with Crippen LogP contribution < -0.4 is 15.8 Å². The predicted molar refractivity (Wildman–Crippen MR) is 85.6 cm³/mol. The lowest BCUT2D eigenvalue weighted by Gasteiger charge is -2.23. The average molecular weight is 349 g/mol. The molecule has 1 aromatic rings. The fourth-order valence-electron chi connectivity index (χ4n) is 1.97. The Balaban J connectivity index is 0.000000505. The van der Waals surface area contributed by atoms with E-state index in [1.54, 1.807) is 0 Å². The number of piperidine rings is 1. The van der Waals surface area contributed by atoms with Gasteiger partial charge in [-0.25, -0.2) is 4.98 Å². The summed E-state index contributed by atoms with van der Waals surface area (Å²) in [5.74, 6) is 0.442. The lowest BCUT2D eigenvalue weighted by molar-refractivity contribution is -0.141. The number of aromatic nitrogens is 1. The SMILES string of the molecule is CC(C)CO.NCc1cc(OC2CCNCC2)nc(C(F)(F)F)c1. The van der Waals surface area contributed by atoms with Crippen LogP contribution in [0.25, 0.3) is 0 Å². The molecule has 1 fully saturated rings. The van der Waals surface area contributed by atoms with Gasteiger partial charge in [0.1, 0.15) is 11.8 Å². The highest BCUT2D eigenvalue weighted by atomic mass is 19.4. The molecule has 1 aliphatic heterocycles. The monoisotopic (exact) mass is 349 g/mol. The highest BCUT2D eigenvalue weighted by Crippen LogP contribution is 2.30. The van der Waals surface area contributed by atoms with Crippen LogP contribution in [0.5, 0.6) is 5.88 Å². The van der Waals surface area contributed by atoms with Gasteiger partial charge in [0.15, 0.2) is 0 Å². The third-order valence-corrected chi connectivity index (χ3v) is 3.33. The zero-order chi connectivity index (χ0) is 18.2. The van der Waals surface area contributed by atoms with E-state index in [9.17, 15) is 13.2 Å².